The van der Waals surface area contributed by atoms with Gasteiger partial charge in [-0.25, -0.2) is 8.78 Å². The second-order valence-corrected chi connectivity index (χ2v) is 6.38. The maximum Gasteiger partial charge on any atom is 0.263 e. The molecule has 3 aliphatic rings. The van der Waals surface area contributed by atoms with Gasteiger partial charge in [-0.2, -0.15) is 0 Å². The van der Waals surface area contributed by atoms with E-state index < -0.39 is 42.8 Å². The molecule has 7 heteroatoms. The molecule has 1 N–H and O–H groups in total. The fraction of sp³-hybridized carbons (Fsp3) is 0.500. The van der Waals surface area contributed by atoms with Crippen molar-refractivity contribution in [2.24, 2.45) is 0 Å². The highest BCUT2D eigenvalue weighted by Crippen LogP contribution is 2.42. The van der Waals surface area contributed by atoms with E-state index >= 15 is 0 Å². The summed E-state index contributed by atoms with van der Waals surface area (Å²) in [5, 5.41) is 2.20. The number of alkyl halides is 2. The molecule has 0 saturated carbocycles. The Labute approximate surface area is 131 Å². The van der Waals surface area contributed by atoms with Crippen molar-refractivity contribution in [3.8, 4) is 5.75 Å². The highest BCUT2D eigenvalue weighted by atomic mass is 19.2. The Morgan fingerprint density at radius 3 is 2.91 bits per heavy atom. The van der Waals surface area contributed by atoms with Crippen LogP contribution >= 0.6 is 0 Å². The number of nitrogens with one attached hydrogen (secondary N) is 1. The van der Waals surface area contributed by atoms with Gasteiger partial charge in [0.05, 0.1) is 26.2 Å². The Morgan fingerprint density at radius 2 is 2.13 bits per heavy atom. The van der Waals surface area contributed by atoms with Crippen LogP contribution in [0.4, 0.5) is 8.78 Å². The molecule has 0 aromatic heterocycles. The molecule has 2 amide bonds. The summed E-state index contributed by atoms with van der Waals surface area (Å²) in [4.78, 5) is 25.3. The second kappa shape index (κ2) is 4.66. The zero-order valence-electron chi connectivity index (χ0n) is 12.4. The lowest BCUT2D eigenvalue weighted by Gasteiger charge is -2.21. The fourth-order valence-electron chi connectivity index (χ4n) is 3.54. The summed E-state index contributed by atoms with van der Waals surface area (Å²) in [6.45, 7) is -0.725. The molecule has 2 atom stereocenters. The molecule has 0 unspecified atom stereocenters. The quantitative estimate of drug-likeness (QED) is 0.840. The van der Waals surface area contributed by atoms with Gasteiger partial charge in [-0.3, -0.25) is 9.59 Å². The van der Waals surface area contributed by atoms with Crippen molar-refractivity contribution < 1.29 is 23.1 Å². The van der Waals surface area contributed by atoms with Crippen LogP contribution in [0.3, 0.4) is 0 Å². The van der Waals surface area contributed by atoms with Gasteiger partial charge in [0.25, 0.3) is 11.8 Å². The smallest absolute Gasteiger partial charge is 0.263 e. The number of carbonyl (C=O) groups excluding carboxylic acids is 2. The van der Waals surface area contributed by atoms with Gasteiger partial charge in [0.2, 0.25) is 5.67 Å². The van der Waals surface area contributed by atoms with E-state index in [1.54, 1.807) is 18.2 Å². The normalized spacial score (nSPS) is 32.1. The van der Waals surface area contributed by atoms with Gasteiger partial charge in [0.1, 0.15) is 5.75 Å². The molecule has 2 fully saturated rings. The molecule has 0 aliphatic carbocycles. The number of halogens is 2. The number of fused-ring (bicyclic) bond motifs is 2. The number of nitrogens with zero attached hydrogens (tertiary/aromatic N) is 1. The van der Waals surface area contributed by atoms with Crippen LogP contribution in [-0.2, 0) is 11.2 Å². The molecule has 23 heavy (non-hydrogen) atoms. The largest absolute Gasteiger partial charge is 0.493 e. The average Bonchev–Trinajstić information content (AvgIpc) is 2.95. The fourth-order valence-corrected chi connectivity index (χ4v) is 3.54. The minimum atomic E-state index is -2.65. The minimum absolute atomic E-state index is 0.363. The van der Waals surface area contributed by atoms with Crippen molar-refractivity contribution >= 4 is 11.8 Å². The predicted octanol–water partition coefficient (Wildman–Crippen LogP) is 1.01. The first kappa shape index (κ1) is 14.4. The Hall–Kier alpha value is -2.18. The number of carbonyl (C=O) groups is 2. The van der Waals surface area contributed by atoms with E-state index in [9.17, 15) is 18.4 Å². The first-order valence-electron chi connectivity index (χ1n) is 7.64. The van der Waals surface area contributed by atoms with Crippen LogP contribution in [0.25, 0.3) is 0 Å². The number of rotatable bonds is 1. The molecule has 0 radical (unpaired) electrons. The van der Waals surface area contributed by atoms with Gasteiger partial charge < -0.3 is 15.0 Å². The van der Waals surface area contributed by atoms with Crippen LogP contribution in [0.5, 0.6) is 5.75 Å². The number of benzene rings is 1. The van der Waals surface area contributed by atoms with E-state index in [1.807, 2.05) is 0 Å². The van der Waals surface area contributed by atoms with Gasteiger partial charge in [-0.1, -0.05) is 0 Å². The Morgan fingerprint density at radius 1 is 1.30 bits per heavy atom. The minimum Gasteiger partial charge on any atom is -0.493 e. The molecule has 0 spiro atoms. The molecule has 0 bridgehead atoms. The summed E-state index contributed by atoms with van der Waals surface area (Å²) in [6.07, 6.45) is 1.68. The average molecular weight is 322 g/mol. The Kier molecular flexibility index (Phi) is 2.92. The van der Waals surface area contributed by atoms with E-state index in [-0.39, 0.29) is 0 Å². The van der Waals surface area contributed by atoms with Crippen molar-refractivity contribution in [1.82, 2.24) is 10.2 Å². The maximum atomic E-state index is 14.7. The summed E-state index contributed by atoms with van der Waals surface area (Å²) in [5.74, 6) is -0.696. The molecule has 5 nitrogen and oxygen atoms in total. The molecule has 1 aromatic carbocycles. The van der Waals surface area contributed by atoms with E-state index in [2.05, 4.69) is 5.32 Å². The lowest BCUT2D eigenvalue weighted by molar-refractivity contribution is -0.132. The van der Waals surface area contributed by atoms with Crippen molar-refractivity contribution in [1.29, 1.82) is 0 Å². The summed E-state index contributed by atoms with van der Waals surface area (Å²) in [6, 6.07) is 5.01. The van der Waals surface area contributed by atoms with E-state index in [1.165, 1.54) is 0 Å². The van der Waals surface area contributed by atoms with E-state index in [0.29, 0.717) is 12.2 Å². The maximum absolute atomic E-state index is 14.7. The Bertz CT molecular complexity index is 711. The van der Waals surface area contributed by atoms with Crippen LogP contribution in [0.2, 0.25) is 0 Å². The third kappa shape index (κ3) is 1.95. The summed E-state index contributed by atoms with van der Waals surface area (Å²) in [7, 11) is 0. The van der Waals surface area contributed by atoms with E-state index in [4.69, 9.17) is 4.74 Å². The van der Waals surface area contributed by atoms with Crippen LogP contribution in [-0.4, -0.2) is 54.3 Å². The molecule has 3 aliphatic heterocycles. The number of hydrogen-bond acceptors (Lipinski definition) is 3. The lowest BCUT2D eigenvalue weighted by atomic mass is 9.93. The summed E-state index contributed by atoms with van der Waals surface area (Å²) >= 11 is 0. The topological polar surface area (TPSA) is 58.6 Å². The van der Waals surface area contributed by atoms with Crippen LogP contribution in [0.15, 0.2) is 18.2 Å². The third-order valence-corrected chi connectivity index (χ3v) is 4.89. The number of ether oxygens (including phenoxy) is 1. The molecular weight excluding hydrogens is 306 g/mol. The highest BCUT2D eigenvalue weighted by Gasteiger charge is 2.69. The van der Waals surface area contributed by atoms with Gasteiger partial charge in [0.15, 0.2) is 5.67 Å². The van der Waals surface area contributed by atoms with E-state index in [0.717, 1.165) is 29.1 Å². The molecule has 122 valence electrons. The van der Waals surface area contributed by atoms with Crippen LogP contribution < -0.4 is 10.1 Å². The molecule has 2 saturated heterocycles. The van der Waals surface area contributed by atoms with Crippen molar-refractivity contribution in [2.45, 2.75) is 24.2 Å². The van der Waals surface area contributed by atoms with Crippen LogP contribution in [0, 0.1) is 0 Å². The number of aryl methyl sites for hydroxylation is 1. The predicted molar refractivity (Wildman–Crippen MR) is 76.8 cm³/mol. The Balaban J connectivity index is 1.60. The SMILES string of the molecule is O=C(c1ccc2c(c1)CCCO2)N1C[C@]2(F)CNC(=O)[C@]2(F)C1. The molecule has 1 aromatic rings. The lowest BCUT2D eigenvalue weighted by Crippen LogP contribution is -2.47. The zero-order chi connectivity index (χ0) is 16.2. The van der Waals surface area contributed by atoms with Crippen LogP contribution in [0.1, 0.15) is 22.3 Å². The van der Waals surface area contributed by atoms with Crippen molar-refractivity contribution in [3.05, 3.63) is 29.3 Å². The molecule has 3 heterocycles. The number of hydrogen-bond donors (Lipinski definition) is 1. The van der Waals surface area contributed by atoms with Crippen molar-refractivity contribution in [2.75, 3.05) is 26.2 Å². The third-order valence-electron chi connectivity index (χ3n) is 4.89. The second-order valence-electron chi connectivity index (χ2n) is 6.38. The highest BCUT2D eigenvalue weighted by molar-refractivity contribution is 5.97. The number of amides is 2. The first-order valence-corrected chi connectivity index (χ1v) is 7.64. The van der Waals surface area contributed by atoms with Gasteiger partial charge in [-0.05, 0) is 36.6 Å². The summed E-state index contributed by atoms with van der Waals surface area (Å²) < 4.78 is 34.8. The van der Waals surface area contributed by atoms with Gasteiger partial charge in [0, 0.05) is 5.56 Å². The zero-order valence-corrected chi connectivity index (χ0v) is 12.4. The standard InChI is InChI=1S/C16H16F2N2O3/c17-15-7-19-14(22)16(15,18)9-20(8-15)13(21)11-3-4-12-10(6-11)2-1-5-23-12/h3-4,6H,1-2,5,7-9H2,(H,19,22)/t15-,16-/m1/s1. The molecular formula is C16H16F2N2O3. The summed E-state index contributed by atoms with van der Waals surface area (Å²) in [5.41, 5.74) is -3.72. The molecule has 4 rings (SSSR count). The first-order chi connectivity index (χ1) is 10.9. The van der Waals surface area contributed by atoms with Crippen molar-refractivity contribution in [3.63, 3.8) is 0 Å². The van der Waals surface area contributed by atoms with Gasteiger partial charge in [-0.15, -0.1) is 0 Å². The monoisotopic (exact) mass is 322 g/mol. The van der Waals surface area contributed by atoms with Gasteiger partial charge >= 0.3 is 0 Å². The number of likely N-dealkylation sites (tertiary alicyclic amines) is 1.